The molecule has 1 atom stereocenters. The Bertz CT molecular complexity index is 692. The SMILES string of the molecule is CCCc1cc(C(=O)N(CCC)[C@H]2CCc3ccccc3C2)n[nH]1. The fourth-order valence-corrected chi connectivity index (χ4v) is 3.65. The largest absolute Gasteiger partial charge is 0.334 e. The number of aromatic nitrogens is 2. The predicted octanol–water partition coefficient (Wildman–Crippen LogP) is 3.77. The first kappa shape index (κ1) is 16.7. The number of amides is 1. The van der Waals surface area contributed by atoms with E-state index in [1.54, 1.807) is 0 Å². The molecule has 4 heteroatoms. The van der Waals surface area contributed by atoms with Crippen molar-refractivity contribution in [1.82, 2.24) is 15.1 Å². The number of aryl methyl sites for hydroxylation is 2. The van der Waals surface area contributed by atoms with E-state index in [2.05, 4.69) is 48.3 Å². The normalized spacial score (nSPS) is 16.7. The first-order valence-corrected chi connectivity index (χ1v) is 9.15. The molecule has 2 aromatic rings. The van der Waals surface area contributed by atoms with Gasteiger partial charge in [0.25, 0.3) is 5.91 Å². The van der Waals surface area contributed by atoms with Gasteiger partial charge in [0.2, 0.25) is 0 Å². The maximum absolute atomic E-state index is 13.0. The molecule has 24 heavy (non-hydrogen) atoms. The van der Waals surface area contributed by atoms with E-state index in [1.807, 2.05) is 11.0 Å². The van der Waals surface area contributed by atoms with Gasteiger partial charge in [-0.25, -0.2) is 0 Å². The first-order valence-electron chi connectivity index (χ1n) is 9.15. The van der Waals surface area contributed by atoms with Gasteiger partial charge in [0.15, 0.2) is 0 Å². The Morgan fingerprint density at radius 2 is 2.04 bits per heavy atom. The van der Waals surface area contributed by atoms with Crippen LogP contribution < -0.4 is 0 Å². The van der Waals surface area contributed by atoms with Gasteiger partial charge in [0.1, 0.15) is 5.69 Å². The van der Waals surface area contributed by atoms with Gasteiger partial charge in [0, 0.05) is 18.3 Å². The predicted molar refractivity (Wildman–Crippen MR) is 96.2 cm³/mol. The summed E-state index contributed by atoms with van der Waals surface area (Å²) >= 11 is 0. The van der Waals surface area contributed by atoms with E-state index in [0.29, 0.717) is 5.69 Å². The number of H-pyrrole nitrogens is 1. The van der Waals surface area contributed by atoms with Crippen molar-refractivity contribution < 1.29 is 4.79 Å². The van der Waals surface area contributed by atoms with Crippen molar-refractivity contribution in [2.75, 3.05) is 6.54 Å². The van der Waals surface area contributed by atoms with Gasteiger partial charge in [-0.1, -0.05) is 44.5 Å². The highest BCUT2D eigenvalue weighted by atomic mass is 16.2. The van der Waals surface area contributed by atoms with Crippen LogP contribution in [0.1, 0.15) is 60.4 Å². The molecule has 0 saturated carbocycles. The molecule has 0 unspecified atom stereocenters. The Labute approximate surface area is 144 Å². The zero-order chi connectivity index (χ0) is 16.9. The third kappa shape index (κ3) is 3.53. The summed E-state index contributed by atoms with van der Waals surface area (Å²) in [7, 11) is 0. The second-order valence-corrected chi connectivity index (χ2v) is 6.69. The Morgan fingerprint density at radius 1 is 1.25 bits per heavy atom. The van der Waals surface area contributed by atoms with Crippen LogP contribution in [0.5, 0.6) is 0 Å². The summed E-state index contributed by atoms with van der Waals surface area (Å²) in [6, 6.07) is 10.8. The van der Waals surface area contributed by atoms with Gasteiger partial charge in [-0.2, -0.15) is 5.10 Å². The molecule has 3 rings (SSSR count). The lowest BCUT2D eigenvalue weighted by Crippen LogP contribution is -2.44. The molecule has 0 fully saturated rings. The minimum Gasteiger partial charge on any atom is -0.334 e. The summed E-state index contributed by atoms with van der Waals surface area (Å²) in [5.41, 5.74) is 4.43. The van der Waals surface area contributed by atoms with Crippen molar-refractivity contribution in [3.8, 4) is 0 Å². The van der Waals surface area contributed by atoms with Crippen LogP contribution in [0.15, 0.2) is 30.3 Å². The summed E-state index contributed by atoms with van der Waals surface area (Å²) < 4.78 is 0. The summed E-state index contributed by atoms with van der Waals surface area (Å²) in [4.78, 5) is 15.1. The maximum atomic E-state index is 13.0. The molecule has 0 spiro atoms. The molecule has 0 aliphatic heterocycles. The van der Waals surface area contributed by atoms with Crippen LogP contribution in [0.25, 0.3) is 0 Å². The summed E-state index contributed by atoms with van der Waals surface area (Å²) in [5, 5.41) is 7.27. The number of aromatic amines is 1. The van der Waals surface area contributed by atoms with Gasteiger partial charge in [0.05, 0.1) is 0 Å². The van der Waals surface area contributed by atoms with Gasteiger partial charge in [-0.15, -0.1) is 0 Å². The van der Waals surface area contributed by atoms with E-state index in [1.165, 1.54) is 11.1 Å². The minimum absolute atomic E-state index is 0.0693. The second kappa shape index (κ2) is 7.65. The quantitative estimate of drug-likeness (QED) is 0.879. The molecule has 1 aromatic heterocycles. The van der Waals surface area contributed by atoms with Crippen molar-refractivity contribution >= 4 is 5.91 Å². The van der Waals surface area contributed by atoms with E-state index in [-0.39, 0.29) is 11.9 Å². The summed E-state index contributed by atoms with van der Waals surface area (Å²) in [6.07, 6.45) is 5.99. The molecule has 1 aromatic carbocycles. The average Bonchev–Trinajstić information content (AvgIpc) is 3.08. The van der Waals surface area contributed by atoms with E-state index in [4.69, 9.17) is 0 Å². The van der Waals surface area contributed by atoms with Crippen molar-refractivity contribution in [2.24, 2.45) is 0 Å². The third-order valence-electron chi connectivity index (χ3n) is 4.86. The zero-order valence-corrected chi connectivity index (χ0v) is 14.7. The van der Waals surface area contributed by atoms with Crippen molar-refractivity contribution in [3.05, 3.63) is 52.8 Å². The van der Waals surface area contributed by atoms with Crippen LogP contribution in [0, 0.1) is 0 Å². The number of nitrogens with one attached hydrogen (secondary N) is 1. The molecule has 0 saturated heterocycles. The van der Waals surface area contributed by atoms with Crippen LogP contribution in [0.2, 0.25) is 0 Å². The van der Waals surface area contributed by atoms with E-state index in [9.17, 15) is 4.79 Å². The first-order chi connectivity index (χ1) is 11.7. The molecule has 1 heterocycles. The Hall–Kier alpha value is -2.10. The number of fused-ring (bicyclic) bond motifs is 1. The van der Waals surface area contributed by atoms with Crippen molar-refractivity contribution in [3.63, 3.8) is 0 Å². The van der Waals surface area contributed by atoms with E-state index < -0.39 is 0 Å². The molecule has 1 N–H and O–H groups in total. The van der Waals surface area contributed by atoms with Gasteiger partial charge in [-0.3, -0.25) is 9.89 Å². The fraction of sp³-hybridized carbons (Fsp3) is 0.500. The molecular formula is C20H27N3O. The van der Waals surface area contributed by atoms with Gasteiger partial charge in [-0.05, 0) is 49.3 Å². The zero-order valence-electron chi connectivity index (χ0n) is 14.7. The lowest BCUT2D eigenvalue weighted by atomic mass is 9.87. The molecule has 0 radical (unpaired) electrons. The van der Waals surface area contributed by atoms with E-state index in [0.717, 1.165) is 50.8 Å². The van der Waals surface area contributed by atoms with E-state index >= 15 is 0 Å². The molecule has 1 aliphatic rings. The third-order valence-corrected chi connectivity index (χ3v) is 4.86. The monoisotopic (exact) mass is 325 g/mol. The van der Waals surface area contributed by atoms with Crippen LogP contribution in [-0.4, -0.2) is 33.6 Å². The van der Waals surface area contributed by atoms with Crippen LogP contribution in [0.4, 0.5) is 0 Å². The molecule has 1 amide bonds. The summed E-state index contributed by atoms with van der Waals surface area (Å²) in [6.45, 7) is 5.05. The average molecular weight is 325 g/mol. The molecular weight excluding hydrogens is 298 g/mol. The number of hydrogen-bond acceptors (Lipinski definition) is 2. The highest BCUT2D eigenvalue weighted by molar-refractivity contribution is 5.92. The van der Waals surface area contributed by atoms with Gasteiger partial charge < -0.3 is 4.90 Å². The highest BCUT2D eigenvalue weighted by Crippen LogP contribution is 2.25. The smallest absolute Gasteiger partial charge is 0.274 e. The lowest BCUT2D eigenvalue weighted by Gasteiger charge is -2.34. The summed E-state index contributed by atoms with van der Waals surface area (Å²) in [5.74, 6) is 0.0693. The Morgan fingerprint density at radius 3 is 2.79 bits per heavy atom. The number of benzene rings is 1. The van der Waals surface area contributed by atoms with Crippen LogP contribution in [0.3, 0.4) is 0 Å². The highest BCUT2D eigenvalue weighted by Gasteiger charge is 2.28. The standard InChI is InChI=1S/C20H27N3O/c1-3-7-17-14-19(22-21-17)20(24)23(12-4-2)18-11-10-15-8-5-6-9-16(15)13-18/h5-6,8-9,14,18H,3-4,7,10-13H2,1-2H3,(H,21,22)/t18-/m0/s1. The van der Waals surface area contributed by atoms with Gasteiger partial charge >= 0.3 is 0 Å². The molecule has 1 aliphatic carbocycles. The maximum Gasteiger partial charge on any atom is 0.274 e. The number of hydrogen-bond donors (Lipinski definition) is 1. The fourth-order valence-electron chi connectivity index (χ4n) is 3.65. The topological polar surface area (TPSA) is 49.0 Å². The van der Waals surface area contributed by atoms with Crippen molar-refractivity contribution in [2.45, 2.75) is 58.4 Å². The number of carbonyl (C=O) groups is 1. The van der Waals surface area contributed by atoms with Crippen LogP contribution in [-0.2, 0) is 19.3 Å². The Balaban J connectivity index is 1.78. The molecule has 4 nitrogen and oxygen atoms in total. The second-order valence-electron chi connectivity index (χ2n) is 6.69. The molecule has 0 bridgehead atoms. The van der Waals surface area contributed by atoms with Crippen LogP contribution >= 0.6 is 0 Å². The Kier molecular flexibility index (Phi) is 5.34. The lowest BCUT2D eigenvalue weighted by molar-refractivity contribution is 0.0655. The number of nitrogens with zero attached hydrogens (tertiary/aromatic N) is 2. The number of rotatable bonds is 6. The minimum atomic E-state index is 0.0693. The number of carbonyl (C=O) groups excluding carboxylic acids is 1. The molecule has 128 valence electrons. The van der Waals surface area contributed by atoms with Crippen molar-refractivity contribution in [1.29, 1.82) is 0 Å².